The van der Waals surface area contributed by atoms with Crippen LogP contribution in [0, 0.1) is 0 Å². The summed E-state index contributed by atoms with van der Waals surface area (Å²) in [5.74, 6) is -2.58. The van der Waals surface area contributed by atoms with Gasteiger partial charge in [-0.2, -0.15) is 0 Å². The van der Waals surface area contributed by atoms with E-state index < -0.39 is 63.8 Å². The third-order valence-electron chi connectivity index (χ3n) is 7.86. The highest BCUT2D eigenvalue weighted by molar-refractivity contribution is 7.47. The lowest BCUT2D eigenvalue weighted by molar-refractivity contribution is -0.161. The first kappa shape index (κ1) is 54.8. The average molecular weight is 844 g/mol. The number of unbranched alkanes of at least 4 members (excludes halogenated alkanes) is 2. The minimum absolute atomic E-state index is 0.0552. The first-order chi connectivity index (χ1) is 28.5. The van der Waals surface area contributed by atoms with Crippen LogP contribution in [0.2, 0.25) is 0 Å². The zero-order valence-corrected chi connectivity index (χ0v) is 36.0. The number of aliphatic hydroxyl groups excluding tert-OH is 1. The lowest BCUT2D eigenvalue weighted by Gasteiger charge is -2.20. The molecule has 0 aliphatic heterocycles. The van der Waals surface area contributed by atoms with Crippen molar-refractivity contribution in [3.05, 3.63) is 122 Å². The molecule has 0 fully saturated rings. The third kappa shape index (κ3) is 39.1. The van der Waals surface area contributed by atoms with Crippen LogP contribution in [0.25, 0.3) is 0 Å². The highest BCUT2D eigenvalue weighted by Crippen LogP contribution is 2.43. The largest absolute Gasteiger partial charge is 0.480 e. The van der Waals surface area contributed by atoms with Crippen LogP contribution in [0.5, 0.6) is 0 Å². The molecular formula is C46H70NO11P. The van der Waals surface area contributed by atoms with Crippen LogP contribution in [0.3, 0.4) is 0 Å². The molecule has 4 atom stereocenters. The lowest BCUT2D eigenvalue weighted by Crippen LogP contribution is -2.34. The Kier molecular flexibility index (Phi) is 36.5. The van der Waals surface area contributed by atoms with E-state index in [4.69, 9.17) is 24.8 Å². The van der Waals surface area contributed by atoms with Gasteiger partial charge in [0.2, 0.25) is 0 Å². The Hall–Kier alpha value is -4.16. The molecule has 0 saturated carbocycles. The molecule has 0 amide bonds. The fourth-order valence-electron chi connectivity index (χ4n) is 4.50. The van der Waals surface area contributed by atoms with E-state index in [0.29, 0.717) is 32.1 Å². The highest BCUT2D eigenvalue weighted by atomic mass is 31.2. The van der Waals surface area contributed by atoms with E-state index in [-0.39, 0.29) is 12.8 Å². The van der Waals surface area contributed by atoms with Crippen molar-refractivity contribution < 1.29 is 52.6 Å². The van der Waals surface area contributed by atoms with E-state index in [2.05, 4.69) is 84.4 Å². The number of aliphatic hydroxyl groups is 1. The second kappa shape index (κ2) is 39.3. The number of phosphoric ester groups is 1. The standard InChI is InChI=1S/C46H70NO11P/c1-3-5-6-7-8-9-10-11-12-13-14-19-22-25-28-31-34-37-45(50)58-42(39-56-59(53,54)57-40-43(47)46(51)52)38-55-44(49)36-33-30-27-24-21-18-16-15-17-20-23-26-29-32-35-41(48)4-2/h5-6,8-9,11-12,14,16-20,24-29,32,35,41-43,48H,3-4,7,10,13,15,21-23,30-31,33-34,36-40,47H2,1-2H3,(H,51,52)(H,53,54)/b6-5-,9-8-,12-11-,18-16-,19-14-,20-17-,27-24-,28-25-,29-26-,35-32+/t41-,42+,43-/m0/s1. The Morgan fingerprint density at radius 1 is 0.610 bits per heavy atom. The summed E-state index contributed by atoms with van der Waals surface area (Å²) < 4.78 is 32.5. The Labute approximate surface area is 352 Å². The van der Waals surface area contributed by atoms with Crippen molar-refractivity contribution in [2.45, 2.75) is 128 Å². The Balaban J connectivity index is 4.63. The van der Waals surface area contributed by atoms with Gasteiger partial charge in [-0.3, -0.25) is 23.4 Å². The van der Waals surface area contributed by atoms with Crippen LogP contribution < -0.4 is 5.73 Å². The van der Waals surface area contributed by atoms with Gasteiger partial charge >= 0.3 is 25.7 Å². The molecule has 13 heteroatoms. The van der Waals surface area contributed by atoms with Crippen LogP contribution in [-0.4, -0.2) is 71.1 Å². The molecule has 1 unspecified atom stereocenters. The van der Waals surface area contributed by atoms with Gasteiger partial charge < -0.3 is 30.3 Å². The zero-order valence-electron chi connectivity index (χ0n) is 35.1. The van der Waals surface area contributed by atoms with E-state index in [1.165, 1.54) is 0 Å². The number of hydrogen-bond acceptors (Lipinski definition) is 10. The highest BCUT2D eigenvalue weighted by Gasteiger charge is 2.28. The van der Waals surface area contributed by atoms with E-state index in [0.717, 1.165) is 51.4 Å². The fraction of sp³-hybridized carbons (Fsp3) is 0.500. The van der Waals surface area contributed by atoms with Crippen LogP contribution in [0.15, 0.2) is 122 Å². The maximum atomic E-state index is 12.6. The molecule has 59 heavy (non-hydrogen) atoms. The maximum absolute atomic E-state index is 12.6. The first-order valence-electron chi connectivity index (χ1n) is 20.7. The van der Waals surface area contributed by atoms with Crippen LogP contribution >= 0.6 is 7.82 Å². The summed E-state index contributed by atoms with van der Waals surface area (Å²) in [5.41, 5.74) is 5.32. The molecule has 330 valence electrons. The number of aliphatic carboxylic acids is 1. The second-order valence-corrected chi connectivity index (χ2v) is 14.7. The van der Waals surface area contributed by atoms with Crippen molar-refractivity contribution in [2.75, 3.05) is 19.8 Å². The molecule has 0 aliphatic rings. The number of ether oxygens (including phenoxy) is 2. The third-order valence-corrected chi connectivity index (χ3v) is 8.81. The quantitative estimate of drug-likeness (QED) is 0.0154. The van der Waals surface area contributed by atoms with Crippen LogP contribution in [0.1, 0.15) is 110 Å². The maximum Gasteiger partial charge on any atom is 0.472 e. The van der Waals surface area contributed by atoms with Crippen molar-refractivity contribution in [2.24, 2.45) is 5.73 Å². The van der Waals surface area contributed by atoms with Gasteiger partial charge in [-0.05, 0) is 83.5 Å². The molecule has 5 N–H and O–H groups in total. The van der Waals surface area contributed by atoms with Crippen molar-refractivity contribution in [3.63, 3.8) is 0 Å². The Bertz CT molecular complexity index is 1470. The molecule has 0 aliphatic carbocycles. The summed E-state index contributed by atoms with van der Waals surface area (Å²) in [4.78, 5) is 45.9. The molecule has 12 nitrogen and oxygen atoms in total. The predicted octanol–water partition coefficient (Wildman–Crippen LogP) is 9.80. The SMILES string of the molecule is CC/C=C\C/C=C\C/C=C\C/C=C\C/C=C\CCCC(=O)O[C@H](COC(=O)CCC/C=C\C/C=C\C/C=C\C/C=C\C=C\[C@@H](O)CC)COP(=O)(O)OC[C@H](N)C(=O)O. The van der Waals surface area contributed by atoms with Crippen molar-refractivity contribution in [1.29, 1.82) is 0 Å². The van der Waals surface area contributed by atoms with Crippen molar-refractivity contribution in [1.82, 2.24) is 0 Å². The number of phosphoric acid groups is 1. The molecule has 0 radical (unpaired) electrons. The monoisotopic (exact) mass is 843 g/mol. The molecule has 0 heterocycles. The van der Waals surface area contributed by atoms with Gasteiger partial charge in [-0.25, -0.2) is 4.57 Å². The van der Waals surface area contributed by atoms with E-state index in [1.54, 1.807) is 6.08 Å². The summed E-state index contributed by atoms with van der Waals surface area (Å²) in [6, 6.07) is -1.55. The van der Waals surface area contributed by atoms with Crippen LogP contribution in [0.4, 0.5) is 0 Å². The lowest BCUT2D eigenvalue weighted by atomic mass is 10.2. The number of hydrogen-bond donors (Lipinski definition) is 4. The van der Waals surface area contributed by atoms with Gasteiger partial charge in [-0.1, -0.05) is 135 Å². The molecule has 0 aromatic carbocycles. The number of carboxylic acid groups (broad SMARTS) is 1. The number of carbonyl (C=O) groups excluding carboxylic acids is 2. The molecule has 0 saturated heterocycles. The summed E-state index contributed by atoms with van der Waals surface area (Å²) in [7, 11) is -4.76. The summed E-state index contributed by atoms with van der Waals surface area (Å²) in [6.07, 6.45) is 49.5. The van der Waals surface area contributed by atoms with Crippen molar-refractivity contribution >= 4 is 25.7 Å². The number of carbonyl (C=O) groups is 3. The summed E-state index contributed by atoms with van der Waals surface area (Å²) in [5, 5.41) is 18.3. The van der Waals surface area contributed by atoms with Gasteiger partial charge in [0.1, 0.15) is 12.6 Å². The van der Waals surface area contributed by atoms with Crippen LogP contribution in [-0.2, 0) is 37.5 Å². The molecule has 0 aromatic rings. The van der Waals surface area contributed by atoms with Crippen molar-refractivity contribution in [3.8, 4) is 0 Å². The van der Waals surface area contributed by atoms with E-state index in [1.807, 2.05) is 49.5 Å². The minimum atomic E-state index is -4.76. The molecule has 0 aromatic heterocycles. The smallest absolute Gasteiger partial charge is 0.472 e. The van der Waals surface area contributed by atoms with E-state index in [9.17, 15) is 28.9 Å². The minimum Gasteiger partial charge on any atom is -0.480 e. The fourth-order valence-corrected chi connectivity index (χ4v) is 5.27. The number of allylic oxidation sites excluding steroid dienone is 19. The first-order valence-corrected chi connectivity index (χ1v) is 22.2. The predicted molar refractivity (Wildman–Crippen MR) is 236 cm³/mol. The number of esters is 2. The van der Waals surface area contributed by atoms with Gasteiger partial charge in [0.05, 0.1) is 19.3 Å². The van der Waals surface area contributed by atoms with Gasteiger partial charge in [0, 0.05) is 12.8 Å². The molecule has 0 rings (SSSR count). The number of rotatable bonds is 36. The normalized spacial score (nSPS) is 15.5. The van der Waals surface area contributed by atoms with Gasteiger partial charge in [-0.15, -0.1) is 0 Å². The molecule has 0 bridgehead atoms. The second-order valence-electron chi connectivity index (χ2n) is 13.2. The Morgan fingerprint density at radius 3 is 1.53 bits per heavy atom. The molecular weight excluding hydrogens is 773 g/mol. The average Bonchev–Trinajstić information content (AvgIpc) is 3.21. The Morgan fingerprint density at radius 2 is 1.05 bits per heavy atom. The zero-order chi connectivity index (χ0) is 43.7. The topological polar surface area (TPSA) is 192 Å². The number of carboxylic acids is 1. The molecule has 0 spiro atoms. The van der Waals surface area contributed by atoms with Gasteiger partial charge in [0.15, 0.2) is 6.10 Å². The van der Waals surface area contributed by atoms with Gasteiger partial charge in [0.25, 0.3) is 0 Å². The summed E-state index contributed by atoms with van der Waals surface area (Å²) >= 11 is 0. The summed E-state index contributed by atoms with van der Waals surface area (Å²) in [6.45, 7) is 2.20. The van der Waals surface area contributed by atoms with E-state index >= 15 is 0 Å². The number of nitrogens with two attached hydrogens (primary N) is 1.